The van der Waals surface area contributed by atoms with Crippen LogP contribution in [-0.4, -0.2) is 23.9 Å². The van der Waals surface area contributed by atoms with Crippen molar-refractivity contribution in [2.24, 2.45) is 4.99 Å². The van der Waals surface area contributed by atoms with E-state index in [2.05, 4.69) is 4.99 Å². The third kappa shape index (κ3) is 3.65. The fourth-order valence-electron chi connectivity index (χ4n) is 1.94. The van der Waals surface area contributed by atoms with E-state index in [1.165, 1.54) is 12.1 Å². The Balaban J connectivity index is 2.41. The van der Waals surface area contributed by atoms with Crippen LogP contribution < -0.4 is 4.74 Å². The highest BCUT2D eigenvalue weighted by atomic mass is 35.5. The Bertz CT molecular complexity index is 726. The topological polar surface area (TPSA) is 58.9 Å². The van der Waals surface area contributed by atoms with E-state index in [9.17, 15) is 4.79 Å². The second kappa shape index (κ2) is 7.09. The standard InChI is InChI=1S/C17H16ClNO3/c1-3-22-16-8-7-12(17(20)21)9-13(16)10-19-15-6-4-5-14(18)11(15)2/h4-10H,3H2,1-2H3,(H,20,21). The largest absolute Gasteiger partial charge is 0.493 e. The van der Waals surface area contributed by atoms with E-state index in [-0.39, 0.29) is 5.56 Å². The van der Waals surface area contributed by atoms with Gasteiger partial charge in [-0.25, -0.2) is 4.79 Å². The van der Waals surface area contributed by atoms with Crippen molar-refractivity contribution < 1.29 is 14.6 Å². The second-order valence-corrected chi connectivity index (χ2v) is 5.04. The first-order valence-electron chi connectivity index (χ1n) is 6.82. The van der Waals surface area contributed by atoms with Gasteiger partial charge in [0, 0.05) is 16.8 Å². The molecule has 0 aliphatic heterocycles. The highest BCUT2D eigenvalue weighted by Crippen LogP contribution is 2.26. The fraction of sp³-hybridized carbons (Fsp3) is 0.176. The van der Waals surface area contributed by atoms with Gasteiger partial charge in [-0.2, -0.15) is 0 Å². The molecule has 0 bridgehead atoms. The van der Waals surface area contributed by atoms with E-state index in [0.717, 1.165) is 11.3 Å². The van der Waals surface area contributed by atoms with Gasteiger partial charge < -0.3 is 9.84 Å². The zero-order chi connectivity index (χ0) is 16.1. The molecule has 0 atom stereocenters. The predicted octanol–water partition coefficient (Wildman–Crippen LogP) is 4.50. The number of aliphatic imine (C=N–C) groups is 1. The predicted molar refractivity (Wildman–Crippen MR) is 88.0 cm³/mol. The Morgan fingerprint density at radius 2 is 2.14 bits per heavy atom. The van der Waals surface area contributed by atoms with Gasteiger partial charge in [0.1, 0.15) is 5.75 Å². The molecule has 0 fully saturated rings. The minimum atomic E-state index is -0.989. The van der Waals surface area contributed by atoms with Crippen molar-refractivity contribution in [2.75, 3.05) is 6.61 Å². The number of carbonyl (C=O) groups is 1. The summed E-state index contributed by atoms with van der Waals surface area (Å²) in [5.41, 5.74) is 2.40. The van der Waals surface area contributed by atoms with E-state index >= 15 is 0 Å². The Labute approximate surface area is 134 Å². The van der Waals surface area contributed by atoms with Gasteiger partial charge in [-0.15, -0.1) is 0 Å². The number of carboxylic acid groups (broad SMARTS) is 1. The average Bonchev–Trinajstić information content (AvgIpc) is 2.50. The summed E-state index contributed by atoms with van der Waals surface area (Å²) >= 11 is 6.07. The molecular formula is C17H16ClNO3. The maximum Gasteiger partial charge on any atom is 0.335 e. The second-order valence-electron chi connectivity index (χ2n) is 4.63. The van der Waals surface area contributed by atoms with Crippen LogP contribution in [0.3, 0.4) is 0 Å². The monoisotopic (exact) mass is 317 g/mol. The summed E-state index contributed by atoms with van der Waals surface area (Å²) in [7, 11) is 0. The maximum atomic E-state index is 11.1. The first kappa shape index (κ1) is 16.0. The molecule has 0 saturated heterocycles. The number of nitrogens with zero attached hydrogens (tertiary/aromatic N) is 1. The Morgan fingerprint density at radius 3 is 2.82 bits per heavy atom. The highest BCUT2D eigenvalue weighted by Gasteiger charge is 2.08. The minimum Gasteiger partial charge on any atom is -0.493 e. The molecule has 5 heteroatoms. The quantitative estimate of drug-likeness (QED) is 0.826. The first-order valence-corrected chi connectivity index (χ1v) is 7.20. The number of aromatic carboxylic acids is 1. The average molecular weight is 318 g/mol. The first-order chi connectivity index (χ1) is 10.5. The number of rotatable bonds is 5. The van der Waals surface area contributed by atoms with Crippen LogP contribution in [0.2, 0.25) is 5.02 Å². The maximum absolute atomic E-state index is 11.1. The summed E-state index contributed by atoms with van der Waals surface area (Å²) in [5, 5.41) is 9.73. The zero-order valence-corrected chi connectivity index (χ0v) is 13.1. The summed E-state index contributed by atoms with van der Waals surface area (Å²) in [6.45, 7) is 4.24. The van der Waals surface area contributed by atoms with Gasteiger partial charge in [0.2, 0.25) is 0 Å². The highest BCUT2D eigenvalue weighted by molar-refractivity contribution is 6.31. The fourth-order valence-corrected chi connectivity index (χ4v) is 2.11. The van der Waals surface area contributed by atoms with Crippen LogP contribution in [0.1, 0.15) is 28.4 Å². The van der Waals surface area contributed by atoms with E-state index in [0.29, 0.717) is 22.9 Å². The number of hydrogen-bond donors (Lipinski definition) is 1. The molecule has 2 aromatic carbocycles. The molecule has 2 aromatic rings. The lowest BCUT2D eigenvalue weighted by molar-refractivity contribution is 0.0697. The normalized spacial score (nSPS) is 10.9. The van der Waals surface area contributed by atoms with Crippen LogP contribution >= 0.6 is 11.6 Å². The number of carboxylic acids is 1. The lowest BCUT2D eigenvalue weighted by Crippen LogP contribution is -2.01. The van der Waals surface area contributed by atoms with Gasteiger partial charge in [0.05, 0.1) is 17.9 Å². The van der Waals surface area contributed by atoms with Crippen LogP contribution in [0.5, 0.6) is 5.75 Å². The summed E-state index contributed by atoms with van der Waals surface area (Å²) in [5.74, 6) is -0.396. The van der Waals surface area contributed by atoms with Crippen molar-refractivity contribution in [3.05, 3.63) is 58.1 Å². The van der Waals surface area contributed by atoms with Crippen molar-refractivity contribution in [3.8, 4) is 5.75 Å². The van der Waals surface area contributed by atoms with E-state index in [1.807, 2.05) is 26.0 Å². The van der Waals surface area contributed by atoms with Gasteiger partial charge in [-0.1, -0.05) is 17.7 Å². The summed E-state index contributed by atoms with van der Waals surface area (Å²) in [6, 6.07) is 10.1. The van der Waals surface area contributed by atoms with Crippen LogP contribution in [0, 0.1) is 6.92 Å². The molecule has 0 aliphatic carbocycles. The summed E-state index contributed by atoms with van der Waals surface area (Å²) in [4.78, 5) is 15.5. The van der Waals surface area contributed by atoms with Crippen LogP contribution in [0.15, 0.2) is 41.4 Å². The Morgan fingerprint density at radius 1 is 1.36 bits per heavy atom. The number of ether oxygens (including phenoxy) is 1. The zero-order valence-electron chi connectivity index (χ0n) is 12.3. The molecule has 4 nitrogen and oxygen atoms in total. The number of benzene rings is 2. The molecule has 0 heterocycles. The van der Waals surface area contributed by atoms with Gasteiger partial charge in [0.15, 0.2) is 0 Å². The molecule has 0 unspecified atom stereocenters. The van der Waals surface area contributed by atoms with Gasteiger partial charge >= 0.3 is 5.97 Å². The lowest BCUT2D eigenvalue weighted by atomic mass is 10.1. The van der Waals surface area contributed by atoms with Crippen LogP contribution in [0.25, 0.3) is 0 Å². The summed E-state index contributed by atoms with van der Waals surface area (Å²) in [6.07, 6.45) is 1.59. The molecule has 0 aliphatic rings. The van der Waals surface area contributed by atoms with Crippen LogP contribution in [-0.2, 0) is 0 Å². The Hall–Kier alpha value is -2.33. The third-order valence-electron chi connectivity index (χ3n) is 3.14. The molecule has 114 valence electrons. The van der Waals surface area contributed by atoms with Gasteiger partial charge in [-0.05, 0) is 49.7 Å². The lowest BCUT2D eigenvalue weighted by Gasteiger charge is -2.08. The van der Waals surface area contributed by atoms with Crippen molar-refractivity contribution in [2.45, 2.75) is 13.8 Å². The SMILES string of the molecule is CCOc1ccc(C(=O)O)cc1C=Nc1cccc(Cl)c1C. The van der Waals surface area contributed by atoms with Crippen molar-refractivity contribution >= 4 is 29.5 Å². The molecule has 0 aromatic heterocycles. The smallest absolute Gasteiger partial charge is 0.335 e. The molecule has 22 heavy (non-hydrogen) atoms. The molecule has 1 N–H and O–H groups in total. The molecular weight excluding hydrogens is 302 g/mol. The Kier molecular flexibility index (Phi) is 5.17. The van der Waals surface area contributed by atoms with E-state index in [1.54, 1.807) is 18.3 Å². The van der Waals surface area contributed by atoms with Gasteiger partial charge in [0.25, 0.3) is 0 Å². The third-order valence-corrected chi connectivity index (χ3v) is 3.55. The van der Waals surface area contributed by atoms with Crippen molar-refractivity contribution in [1.82, 2.24) is 0 Å². The number of hydrogen-bond acceptors (Lipinski definition) is 3. The van der Waals surface area contributed by atoms with Gasteiger partial charge in [-0.3, -0.25) is 4.99 Å². The molecule has 0 amide bonds. The van der Waals surface area contributed by atoms with Crippen molar-refractivity contribution in [1.29, 1.82) is 0 Å². The molecule has 0 spiro atoms. The van der Waals surface area contributed by atoms with E-state index < -0.39 is 5.97 Å². The molecule has 0 radical (unpaired) electrons. The van der Waals surface area contributed by atoms with Crippen LogP contribution in [0.4, 0.5) is 5.69 Å². The molecule has 0 saturated carbocycles. The number of halogens is 1. The summed E-state index contributed by atoms with van der Waals surface area (Å²) < 4.78 is 5.50. The van der Waals surface area contributed by atoms with E-state index in [4.69, 9.17) is 21.4 Å². The van der Waals surface area contributed by atoms with Crippen molar-refractivity contribution in [3.63, 3.8) is 0 Å². The molecule has 2 rings (SSSR count). The minimum absolute atomic E-state index is 0.188.